The second-order valence-electron chi connectivity index (χ2n) is 2.59. The summed E-state index contributed by atoms with van der Waals surface area (Å²) in [5.41, 5.74) is 0.721. The summed E-state index contributed by atoms with van der Waals surface area (Å²) in [4.78, 5) is 10.5. The van der Waals surface area contributed by atoms with Crippen LogP contribution in [-0.2, 0) is 0 Å². The zero-order chi connectivity index (χ0) is 9.42. The molecule has 0 aliphatic carbocycles. The van der Waals surface area contributed by atoms with Gasteiger partial charge in [0.05, 0.1) is 4.21 Å². The summed E-state index contributed by atoms with van der Waals surface area (Å²) in [6.45, 7) is 0. The molecule has 0 unspecified atom stereocenters. The van der Waals surface area contributed by atoms with Crippen LogP contribution in [0.2, 0.25) is 0 Å². The smallest absolute Gasteiger partial charge is 0.150 e. The van der Waals surface area contributed by atoms with Crippen LogP contribution in [0.15, 0.2) is 22.4 Å². The van der Waals surface area contributed by atoms with E-state index in [2.05, 4.69) is 35.2 Å². The maximum atomic E-state index is 10.5. The van der Waals surface area contributed by atoms with Gasteiger partial charge in [0.2, 0.25) is 0 Å². The molecular weight excluding hydrogens is 315 g/mol. The first-order chi connectivity index (χ1) is 6.22. The second kappa shape index (κ2) is 3.59. The van der Waals surface area contributed by atoms with Gasteiger partial charge in [0.15, 0.2) is 0 Å². The van der Waals surface area contributed by atoms with Crippen LogP contribution < -0.4 is 0 Å². The molecule has 1 heterocycles. The molecule has 0 saturated heterocycles. The molecule has 0 atom stereocenters. The molecule has 0 aliphatic rings. The summed E-state index contributed by atoms with van der Waals surface area (Å²) in [7, 11) is 0. The highest BCUT2D eigenvalue weighted by Gasteiger charge is 2.06. The molecule has 1 aromatic carbocycles. The molecule has 0 fully saturated rings. The third-order valence-corrected chi connectivity index (χ3v) is 5.14. The van der Waals surface area contributed by atoms with Crippen molar-refractivity contribution in [2.45, 2.75) is 4.21 Å². The molecule has 13 heavy (non-hydrogen) atoms. The molecule has 66 valence electrons. The Morgan fingerprint density at radius 3 is 2.92 bits per heavy atom. The molecule has 0 bridgehead atoms. The second-order valence-corrected chi connectivity index (χ2v) is 5.48. The lowest BCUT2D eigenvalue weighted by atomic mass is 10.2. The summed E-state index contributed by atoms with van der Waals surface area (Å²) in [5.74, 6) is 0. The Balaban J connectivity index is 2.79. The maximum Gasteiger partial charge on any atom is 0.150 e. The standard InChI is InChI=1S/C9H5IOS2/c10-8-6-2-1-5(4-11)3-7(6)13-9(8)12/h1-4,12H. The number of thiol groups is 1. The summed E-state index contributed by atoms with van der Waals surface area (Å²) >= 11 is 8.22. The topological polar surface area (TPSA) is 17.1 Å². The van der Waals surface area contributed by atoms with Crippen molar-refractivity contribution in [2.75, 3.05) is 0 Å². The van der Waals surface area contributed by atoms with Gasteiger partial charge in [-0.3, -0.25) is 4.79 Å². The van der Waals surface area contributed by atoms with E-state index in [4.69, 9.17) is 0 Å². The van der Waals surface area contributed by atoms with E-state index >= 15 is 0 Å². The van der Waals surface area contributed by atoms with Crippen molar-refractivity contribution < 1.29 is 4.79 Å². The Labute approximate surface area is 98.7 Å². The largest absolute Gasteiger partial charge is 0.298 e. The molecule has 2 aromatic rings. The van der Waals surface area contributed by atoms with E-state index in [9.17, 15) is 4.79 Å². The molecule has 1 nitrogen and oxygen atoms in total. The number of fused-ring (bicyclic) bond motifs is 1. The van der Waals surface area contributed by atoms with Gasteiger partial charge in [-0.25, -0.2) is 0 Å². The minimum Gasteiger partial charge on any atom is -0.298 e. The van der Waals surface area contributed by atoms with E-state index < -0.39 is 0 Å². The zero-order valence-corrected chi connectivity index (χ0v) is 10.3. The third-order valence-electron chi connectivity index (χ3n) is 1.77. The van der Waals surface area contributed by atoms with Crippen LogP contribution in [0.4, 0.5) is 0 Å². The van der Waals surface area contributed by atoms with E-state index in [1.807, 2.05) is 18.2 Å². The van der Waals surface area contributed by atoms with Crippen molar-refractivity contribution in [3.05, 3.63) is 27.3 Å². The van der Waals surface area contributed by atoms with Gasteiger partial charge >= 0.3 is 0 Å². The highest BCUT2D eigenvalue weighted by atomic mass is 127. The monoisotopic (exact) mass is 320 g/mol. The molecule has 1 aromatic heterocycles. The van der Waals surface area contributed by atoms with E-state index in [1.54, 1.807) is 11.3 Å². The number of carbonyl (C=O) groups excluding carboxylic acids is 1. The number of rotatable bonds is 1. The fraction of sp³-hybridized carbons (Fsp3) is 0. The number of benzene rings is 1. The van der Waals surface area contributed by atoms with Crippen LogP contribution in [0.25, 0.3) is 10.1 Å². The van der Waals surface area contributed by atoms with E-state index in [0.29, 0.717) is 0 Å². The zero-order valence-electron chi connectivity index (χ0n) is 6.45. The average Bonchev–Trinajstić information content (AvgIpc) is 2.42. The van der Waals surface area contributed by atoms with E-state index in [-0.39, 0.29) is 0 Å². The van der Waals surface area contributed by atoms with Gasteiger partial charge in [-0.05, 0) is 28.7 Å². The molecule has 0 radical (unpaired) electrons. The van der Waals surface area contributed by atoms with Crippen molar-refractivity contribution >= 4 is 62.9 Å². The number of halogens is 1. The van der Waals surface area contributed by atoms with Gasteiger partial charge in [-0.15, -0.1) is 24.0 Å². The molecule has 2 rings (SSSR count). The minimum atomic E-state index is 0.721. The van der Waals surface area contributed by atoms with Crippen molar-refractivity contribution in [1.29, 1.82) is 0 Å². The molecule has 0 saturated carbocycles. The molecule has 0 amide bonds. The molecular formula is C9H5IOS2. The fourth-order valence-electron chi connectivity index (χ4n) is 1.14. The van der Waals surface area contributed by atoms with Crippen LogP contribution in [0, 0.1) is 3.57 Å². The quantitative estimate of drug-likeness (QED) is 0.483. The number of thiophene rings is 1. The number of hydrogen-bond acceptors (Lipinski definition) is 3. The summed E-state index contributed by atoms with van der Waals surface area (Å²) < 4.78 is 3.30. The van der Waals surface area contributed by atoms with Crippen molar-refractivity contribution in [1.82, 2.24) is 0 Å². The van der Waals surface area contributed by atoms with Gasteiger partial charge in [-0.2, -0.15) is 0 Å². The van der Waals surface area contributed by atoms with Gasteiger partial charge in [0, 0.05) is 19.2 Å². The van der Waals surface area contributed by atoms with Crippen molar-refractivity contribution in [3.63, 3.8) is 0 Å². The van der Waals surface area contributed by atoms with Gasteiger partial charge in [-0.1, -0.05) is 12.1 Å². The van der Waals surface area contributed by atoms with Crippen LogP contribution in [0.3, 0.4) is 0 Å². The Hall–Kier alpha value is -0.0700. The molecule has 4 heteroatoms. The van der Waals surface area contributed by atoms with Crippen molar-refractivity contribution in [2.24, 2.45) is 0 Å². The lowest BCUT2D eigenvalue weighted by molar-refractivity contribution is 0.112. The van der Waals surface area contributed by atoms with E-state index in [0.717, 1.165) is 20.8 Å². The lowest BCUT2D eigenvalue weighted by Crippen LogP contribution is -1.76. The number of aldehydes is 1. The predicted molar refractivity (Wildman–Crippen MR) is 67.2 cm³/mol. The summed E-state index contributed by atoms with van der Waals surface area (Å²) in [6, 6.07) is 5.70. The highest BCUT2D eigenvalue weighted by molar-refractivity contribution is 14.1. The first kappa shape index (κ1) is 9.48. The number of carbonyl (C=O) groups is 1. The average molecular weight is 320 g/mol. The molecule has 0 N–H and O–H groups in total. The van der Waals surface area contributed by atoms with Gasteiger partial charge in [0.1, 0.15) is 6.29 Å². The Morgan fingerprint density at radius 2 is 2.23 bits per heavy atom. The SMILES string of the molecule is O=Cc1ccc2c(I)c(S)sc2c1. The molecule has 0 spiro atoms. The first-order valence-corrected chi connectivity index (χ1v) is 5.93. The van der Waals surface area contributed by atoms with Crippen LogP contribution in [0.5, 0.6) is 0 Å². The van der Waals surface area contributed by atoms with Gasteiger partial charge < -0.3 is 0 Å². The highest BCUT2D eigenvalue weighted by Crippen LogP contribution is 2.34. The summed E-state index contributed by atoms with van der Waals surface area (Å²) in [6.07, 6.45) is 0.865. The van der Waals surface area contributed by atoms with Gasteiger partial charge in [0.25, 0.3) is 0 Å². The number of hydrogen-bond donors (Lipinski definition) is 1. The van der Waals surface area contributed by atoms with Crippen LogP contribution in [0.1, 0.15) is 10.4 Å². The van der Waals surface area contributed by atoms with Crippen molar-refractivity contribution in [3.8, 4) is 0 Å². The minimum absolute atomic E-state index is 0.721. The predicted octanol–water partition coefficient (Wildman–Crippen LogP) is 3.61. The van der Waals surface area contributed by atoms with Crippen LogP contribution >= 0.6 is 46.6 Å². The normalized spacial score (nSPS) is 10.6. The first-order valence-electron chi connectivity index (χ1n) is 3.58. The Kier molecular flexibility index (Phi) is 2.62. The lowest BCUT2D eigenvalue weighted by Gasteiger charge is -1.91. The maximum absolute atomic E-state index is 10.5. The Morgan fingerprint density at radius 1 is 1.46 bits per heavy atom. The summed E-state index contributed by atoms with van der Waals surface area (Å²) in [5, 5.41) is 1.18. The molecule has 0 aliphatic heterocycles. The third kappa shape index (κ3) is 1.62. The van der Waals surface area contributed by atoms with E-state index in [1.165, 1.54) is 8.96 Å². The fourth-order valence-corrected chi connectivity index (χ4v) is 3.42. The Bertz CT molecular complexity index is 476. The van der Waals surface area contributed by atoms with Crippen LogP contribution in [-0.4, -0.2) is 6.29 Å².